The first-order valence-corrected chi connectivity index (χ1v) is 7.20. The number of ether oxygens (including phenoxy) is 1. The number of carbonyl (C=O) groups is 1. The molecule has 0 aliphatic heterocycles. The second-order valence-electron chi connectivity index (χ2n) is 4.70. The van der Waals surface area contributed by atoms with Crippen LogP contribution in [0.15, 0.2) is 53.4 Å². The monoisotopic (exact) mass is 332 g/mol. The fourth-order valence-corrected chi connectivity index (χ4v) is 2.03. The molecule has 0 aliphatic carbocycles. The van der Waals surface area contributed by atoms with E-state index in [1.807, 2.05) is 30.3 Å². The lowest BCUT2D eigenvalue weighted by atomic mass is 10.3. The van der Waals surface area contributed by atoms with Gasteiger partial charge in [-0.05, 0) is 19.1 Å². The van der Waals surface area contributed by atoms with E-state index in [0.717, 1.165) is 5.69 Å². The SMILES string of the molecule is C[C@H](Oc1nn(-c2ccccc2)cc1Cl)C(=O)Nc1ccon1. The fraction of sp³-hybridized carbons (Fsp3) is 0.133. The summed E-state index contributed by atoms with van der Waals surface area (Å²) < 4.78 is 11.7. The van der Waals surface area contributed by atoms with Gasteiger partial charge in [-0.1, -0.05) is 35.0 Å². The summed E-state index contributed by atoms with van der Waals surface area (Å²) in [5.41, 5.74) is 0.837. The van der Waals surface area contributed by atoms with Gasteiger partial charge in [-0.15, -0.1) is 5.10 Å². The van der Waals surface area contributed by atoms with Crippen molar-refractivity contribution in [2.24, 2.45) is 0 Å². The smallest absolute Gasteiger partial charge is 0.266 e. The second kappa shape index (κ2) is 6.53. The van der Waals surface area contributed by atoms with Gasteiger partial charge < -0.3 is 14.6 Å². The van der Waals surface area contributed by atoms with Gasteiger partial charge in [0.2, 0.25) is 0 Å². The summed E-state index contributed by atoms with van der Waals surface area (Å²) in [4.78, 5) is 12.0. The van der Waals surface area contributed by atoms with Crippen LogP contribution in [-0.2, 0) is 4.79 Å². The zero-order chi connectivity index (χ0) is 16.2. The van der Waals surface area contributed by atoms with Gasteiger partial charge >= 0.3 is 0 Å². The molecule has 3 aromatic rings. The molecule has 1 atom stereocenters. The van der Waals surface area contributed by atoms with E-state index >= 15 is 0 Å². The first-order valence-electron chi connectivity index (χ1n) is 6.82. The number of rotatable bonds is 5. The normalized spacial score (nSPS) is 11.9. The first kappa shape index (κ1) is 15.1. The molecule has 0 radical (unpaired) electrons. The number of amides is 1. The van der Waals surface area contributed by atoms with Crippen molar-refractivity contribution >= 4 is 23.3 Å². The molecule has 1 aromatic carbocycles. The van der Waals surface area contributed by atoms with Gasteiger partial charge in [0.15, 0.2) is 11.9 Å². The molecule has 0 spiro atoms. The maximum absolute atomic E-state index is 12.0. The fourth-order valence-electron chi connectivity index (χ4n) is 1.86. The van der Waals surface area contributed by atoms with Crippen LogP contribution in [0.1, 0.15) is 6.92 Å². The molecule has 8 heteroatoms. The Morgan fingerprint density at radius 3 is 2.83 bits per heavy atom. The minimum Gasteiger partial charge on any atom is -0.462 e. The maximum atomic E-state index is 12.0. The summed E-state index contributed by atoms with van der Waals surface area (Å²) in [6.45, 7) is 1.59. The zero-order valence-electron chi connectivity index (χ0n) is 12.1. The summed E-state index contributed by atoms with van der Waals surface area (Å²) in [6.07, 6.45) is 2.18. The minimum atomic E-state index is -0.802. The molecule has 2 aromatic heterocycles. The molecule has 2 heterocycles. The van der Waals surface area contributed by atoms with Crippen LogP contribution in [0.4, 0.5) is 5.82 Å². The van der Waals surface area contributed by atoms with Crippen molar-refractivity contribution in [2.75, 3.05) is 5.32 Å². The van der Waals surface area contributed by atoms with Crippen molar-refractivity contribution in [3.63, 3.8) is 0 Å². The predicted octanol–water partition coefficient (Wildman–Crippen LogP) is 2.92. The highest BCUT2D eigenvalue weighted by Crippen LogP contribution is 2.25. The van der Waals surface area contributed by atoms with E-state index < -0.39 is 6.10 Å². The number of hydrogen-bond donors (Lipinski definition) is 1. The van der Waals surface area contributed by atoms with Gasteiger partial charge in [-0.3, -0.25) is 4.79 Å². The number of carbonyl (C=O) groups excluding carboxylic acids is 1. The van der Waals surface area contributed by atoms with Crippen LogP contribution in [0.3, 0.4) is 0 Å². The lowest BCUT2D eigenvalue weighted by Crippen LogP contribution is -2.30. The minimum absolute atomic E-state index is 0.179. The van der Waals surface area contributed by atoms with Crippen molar-refractivity contribution in [3.8, 4) is 11.6 Å². The number of nitrogens with one attached hydrogen (secondary N) is 1. The Balaban J connectivity index is 1.70. The third-order valence-electron chi connectivity index (χ3n) is 3.01. The Morgan fingerprint density at radius 1 is 1.35 bits per heavy atom. The Labute approximate surface area is 136 Å². The maximum Gasteiger partial charge on any atom is 0.266 e. The highest BCUT2D eigenvalue weighted by Gasteiger charge is 2.19. The Kier molecular flexibility index (Phi) is 4.29. The molecule has 0 bridgehead atoms. The topological polar surface area (TPSA) is 82.2 Å². The van der Waals surface area contributed by atoms with E-state index in [9.17, 15) is 4.79 Å². The van der Waals surface area contributed by atoms with E-state index in [0.29, 0.717) is 10.8 Å². The number of benzene rings is 1. The van der Waals surface area contributed by atoms with E-state index in [-0.39, 0.29) is 11.8 Å². The molecular weight excluding hydrogens is 320 g/mol. The number of halogens is 1. The predicted molar refractivity (Wildman–Crippen MR) is 83.8 cm³/mol. The molecule has 3 rings (SSSR count). The van der Waals surface area contributed by atoms with Gasteiger partial charge in [0.1, 0.15) is 11.3 Å². The lowest BCUT2D eigenvalue weighted by Gasteiger charge is -2.11. The summed E-state index contributed by atoms with van der Waals surface area (Å²) in [6, 6.07) is 11.0. The number of hydrogen-bond acceptors (Lipinski definition) is 5. The molecule has 0 unspecified atom stereocenters. The summed E-state index contributed by atoms with van der Waals surface area (Å²) in [7, 11) is 0. The third kappa shape index (κ3) is 3.51. The van der Waals surface area contributed by atoms with Gasteiger partial charge in [0.05, 0.1) is 11.9 Å². The van der Waals surface area contributed by atoms with Gasteiger partial charge in [0, 0.05) is 6.07 Å². The van der Waals surface area contributed by atoms with Gasteiger partial charge in [-0.2, -0.15) is 0 Å². The Hall–Kier alpha value is -2.80. The lowest BCUT2D eigenvalue weighted by molar-refractivity contribution is -0.122. The highest BCUT2D eigenvalue weighted by atomic mass is 35.5. The van der Waals surface area contributed by atoms with Crippen molar-refractivity contribution in [2.45, 2.75) is 13.0 Å². The first-order chi connectivity index (χ1) is 11.1. The molecule has 23 heavy (non-hydrogen) atoms. The molecule has 0 fully saturated rings. The van der Waals surface area contributed by atoms with Crippen LogP contribution in [0, 0.1) is 0 Å². The average molecular weight is 333 g/mol. The second-order valence-corrected chi connectivity index (χ2v) is 5.10. The summed E-state index contributed by atoms with van der Waals surface area (Å²) in [5.74, 6) is 0.105. The van der Waals surface area contributed by atoms with Crippen molar-refractivity contribution in [1.82, 2.24) is 14.9 Å². The molecule has 0 saturated heterocycles. The number of nitrogens with zero attached hydrogens (tertiary/aromatic N) is 3. The Morgan fingerprint density at radius 2 is 2.13 bits per heavy atom. The number of anilines is 1. The Bertz CT molecular complexity index is 786. The van der Waals surface area contributed by atoms with Crippen LogP contribution in [0.5, 0.6) is 5.88 Å². The average Bonchev–Trinajstić information content (AvgIpc) is 3.18. The molecule has 0 aliphatic rings. The van der Waals surface area contributed by atoms with Crippen LogP contribution < -0.4 is 10.1 Å². The van der Waals surface area contributed by atoms with E-state index in [1.165, 1.54) is 12.3 Å². The molecule has 0 saturated carbocycles. The van der Waals surface area contributed by atoms with Crippen LogP contribution in [0.2, 0.25) is 5.02 Å². The van der Waals surface area contributed by atoms with Crippen molar-refractivity contribution < 1.29 is 14.1 Å². The molecular formula is C15H13ClN4O3. The van der Waals surface area contributed by atoms with Crippen molar-refractivity contribution in [1.29, 1.82) is 0 Å². The van der Waals surface area contributed by atoms with E-state index in [2.05, 4.69) is 20.1 Å². The summed E-state index contributed by atoms with van der Waals surface area (Å²) in [5, 5.41) is 10.7. The zero-order valence-corrected chi connectivity index (χ0v) is 12.9. The van der Waals surface area contributed by atoms with Crippen LogP contribution >= 0.6 is 11.6 Å². The number of aromatic nitrogens is 3. The molecule has 1 amide bonds. The molecule has 1 N–H and O–H groups in total. The van der Waals surface area contributed by atoms with E-state index in [4.69, 9.17) is 16.3 Å². The van der Waals surface area contributed by atoms with Crippen LogP contribution in [-0.4, -0.2) is 26.9 Å². The quantitative estimate of drug-likeness (QED) is 0.776. The van der Waals surface area contributed by atoms with Crippen molar-refractivity contribution in [3.05, 3.63) is 53.9 Å². The number of para-hydroxylation sites is 1. The summed E-state index contributed by atoms with van der Waals surface area (Å²) >= 11 is 6.12. The van der Waals surface area contributed by atoms with E-state index in [1.54, 1.807) is 17.8 Å². The third-order valence-corrected chi connectivity index (χ3v) is 3.27. The highest BCUT2D eigenvalue weighted by molar-refractivity contribution is 6.31. The molecule has 7 nitrogen and oxygen atoms in total. The van der Waals surface area contributed by atoms with Gasteiger partial charge in [-0.25, -0.2) is 4.68 Å². The van der Waals surface area contributed by atoms with Crippen LogP contribution in [0.25, 0.3) is 5.69 Å². The molecule has 118 valence electrons. The largest absolute Gasteiger partial charge is 0.462 e. The van der Waals surface area contributed by atoms with Gasteiger partial charge in [0.25, 0.3) is 11.8 Å². The standard InChI is InChI=1S/C15H13ClN4O3/c1-10(14(21)17-13-7-8-22-19-13)23-15-12(16)9-20(18-15)11-5-3-2-4-6-11/h2-10H,1H3,(H,17,19,21)/t10-/m0/s1.